The van der Waals surface area contributed by atoms with Gasteiger partial charge in [0.25, 0.3) is 5.91 Å². The van der Waals surface area contributed by atoms with Crippen LogP contribution in [-0.4, -0.2) is 12.0 Å². The van der Waals surface area contributed by atoms with Crippen LogP contribution in [0.4, 0.5) is 4.39 Å². The third-order valence-corrected chi connectivity index (χ3v) is 3.47. The average Bonchev–Trinajstić information content (AvgIpc) is 2.46. The predicted octanol–water partition coefficient (Wildman–Crippen LogP) is 2.28. The van der Waals surface area contributed by atoms with E-state index in [9.17, 15) is 9.18 Å². The second-order valence-corrected chi connectivity index (χ2v) is 4.85. The molecule has 1 aliphatic carbocycles. The van der Waals surface area contributed by atoms with E-state index >= 15 is 0 Å². The van der Waals surface area contributed by atoms with Crippen LogP contribution in [0.2, 0.25) is 0 Å². The molecule has 19 heavy (non-hydrogen) atoms. The average molecular weight is 266 g/mol. The van der Waals surface area contributed by atoms with Crippen LogP contribution in [0.5, 0.6) is 0 Å². The molecule has 0 saturated heterocycles. The molecule has 0 unspecified atom stereocenters. The Morgan fingerprint density at radius 1 is 1.37 bits per heavy atom. The van der Waals surface area contributed by atoms with Crippen LogP contribution in [0, 0.1) is 5.82 Å². The van der Waals surface area contributed by atoms with Gasteiger partial charge in [0.15, 0.2) is 0 Å². The summed E-state index contributed by atoms with van der Waals surface area (Å²) in [7, 11) is 0. The number of benzene rings is 1. The minimum atomic E-state index is -0.432. The Hall–Kier alpha value is -1.46. The summed E-state index contributed by atoms with van der Waals surface area (Å²) in [5, 5.41) is 0. The van der Waals surface area contributed by atoms with Gasteiger partial charge in [-0.25, -0.2) is 10.2 Å². The van der Waals surface area contributed by atoms with E-state index in [1.807, 2.05) is 5.43 Å². The number of halogens is 1. The number of nitrogens with two attached hydrogens (primary N) is 1. The maximum Gasteiger partial charge on any atom is 0.265 e. The number of hydrogen-bond acceptors (Lipinski definition) is 3. The van der Waals surface area contributed by atoms with Crippen molar-refractivity contribution in [2.75, 3.05) is 0 Å². The molecule has 1 amide bonds. The fourth-order valence-electron chi connectivity index (χ4n) is 2.35. The molecular weight excluding hydrogens is 247 g/mol. The zero-order chi connectivity index (χ0) is 13.7. The maximum absolute atomic E-state index is 13.6. The number of ether oxygens (including phenoxy) is 1. The summed E-state index contributed by atoms with van der Waals surface area (Å²) >= 11 is 0. The number of hydrazine groups is 1. The van der Waals surface area contributed by atoms with E-state index in [2.05, 4.69) is 0 Å². The highest BCUT2D eigenvalue weighted by molar-refractivity contribution is 5.93. The monoisotopic (exact) mass is 266 g/mol. The predicted molar refractivity (Wildman–Crippen MR) is 69.7 cm³/mol. The topological polar surface area (TPSA) is 64.3 Å². The van der Waals surface area contributed by atoms with Gasteiger partial charge in [0.2, 0.25) is 0 Å². The van der Waals surface area contributed by atoms with Gasteiger partial charge in [-0.15, -0.1) is 0 Å². The second-order valence-electron chi connectivity index (χ2n) is 4.85. The van der Waals surface area contributed by atoms with E-state index in [1.165, 1.54) is 37.5 Å². The van der Waals surface area contributed by atoms with Crippen LogP contribution in [0.15, 0.2) is 18.2 Å². The molecule has 0 aromatic heterocycles. The van der Waals surface area contributed by atoms with Crippen molar-refractivity contribution in [1.29, 1.82) is 0 Å². The summed E-state index contributed by atoms with van der Waals surface area (Å²) in [6.07, 6.45) is 5.86. The number of carbonyl (C=O) groups excluding carboxylic acids is 1. The van der Waals surface area contributed by atoms with Crippen molar-refractivity contribution in [3.05, 3.63) is 35.1 Å². The first kappa shape index (κ1) is 14.0. The number of hydrogen-bond donors (Lipinski definition) is 2. The van der Waals surface area contributed by atoms with Crippen molar-refractivity contribution in [3.63, 3.8) is 0 Å². The number of carbonyl (C=O) groups is 1. The molecule has 5 heteroatoms. The highest BCUT2D eigenvalue weighted by Gasteiger charge is 2.15. The van der Waals surface area contributed by atoms with E-state index < -0.39 is 5.91 Å². The van der Waals surface area contributed by atoms with E-state index in [0.29, 0.717) is 11.1 Å². The van der Waals surface area contributed by atoms with E-state index in [1.54, 1.807) is 0 Å². The standard InChI is InChI=1S/C14H19FN2O2/c15-13-7-6-10(14(18)17-16)8-11(13)9-19-12-4-2-1-3-5-12/h6-8,12H,1-5,9,16H2,(H,17,18). The number of nitrogen functional groups attached to an aromatic ring is 1. The van der Waals surface area contributed by atoms with Crippen molar-refractivity contribution in [1.82, 2.24) is 5.43 Å². The van der Waals surface area contributed by atoms with Gasteiger partial charge in [0.05, 0.1) is 12.7 Å². The number of amides is 1. The van der Waals surface area contributed by atoms with Crippen molar-refractivity contribution in [2.24, 2.45) is 5.84 Å². The zero-order valence-electron chi connectivity index (χ0n) is 10.8. The fraction of sp³-hybridized carbons (Fsp3) is 0.500. The Morgan fingerprint density at radius 2 is 2.11 bits per heavy atom. The van der Waals surface area contributed by atoms with Gasteiger partial charge in [-0.1, -0.05) is 19.3 Å². The minimum Gasteiger partial charge on any atom is -0.373 e. The lowest BCUT2D eigenvalue weighted by Gasteiger charge is -2.22. The first-order valence-corrected chi connectivity index (χ1v) is 6.61. The SMILES string of the molecule is NNC(=O)c1ccc(F)c(COC2CCCCC2)c1. The number of rotatable bonds is 4. The smallest absolute Gasteiger partial charge is 0.265 e. The molecule has 0 bridgehead atoms. The Bertz CT molecular complexity index is 445. The molecule has 1 fully saturated rings. The highest BCUT2D eigenvalue weighted by Crippen LogP contribution is 2.22. The van der Waals surface area contributed by atoms with Crippen molar-refractivity contribution >= 4 is 5.91 Å². The van der Waals surface area contributed by atoms with Crippen molar-refractivity contribution in [3.8, 4) is 0 Å². The molecule has 3 N–H and O–H groups in total. The van der Waals surface area contributed by atoms with Crippen LogP contribution in [0.1, 0.15) is 48.0 Å². The van der Waals surface area contributed by atoms with Crippen LogP contribution in [0.3, 0.4) is 0 Å². The summed E-state index contributed by atoms with van der Waals surface area (Å²) < 4.78 is 19.4. The third-order valence-electron chi connectivity index (χ3n) is 3.47. The van der Waals surface area contributed by atoms with E-state index in [-0.39, 0.29) is 18.5 Å². The van der Waals surface area contributed by atoms with E-state index in [4.69, 9.17) is 10.6 Å². The lowest BCUT2D eigenvalue weighted by molar-refractivity contribution is 0.0156. The van der Waals surface area contributed by atoms with Crippen molar-refractivity contribution in [2.45, 2.75) is 44.8 Å². The fourth-order valence-corrected chi connectivity index (χ4v) is 2.35. The normalized spacial score (nSPS) is 16.3. The molecule has 4 nitrogen and oxygen atoms in total. The molecule has 1 aromatic carbocycles. The third kappa shape index (κ3) is 3.75. The zero-order valence-corrected chi connectivity index (χ0v) is 10.8. The lowest BCUT2D eigenvalue weighted by atomic mass is 9.98. The first-order chi connectivity index (χ1) is 9.20. The Balaban J connectivity index is 2.00. The molecule has 2 rings (SSSR count). The Labute approximate surface area is 112 Å². The van der Waals surface area contributed by atoms with Gasteiger partial charge in [0, 0.05) is 11.1 Å². The lowest BCUT2D eigenvalue weighted by Crippen LogP contribution is -2.30. The minimum absolute atomic E-state index is 0.197. The summed E-state index contributed by atoms with van der Waals surface area (Å²) in [5.74, 6) is 4.27. The molecule has 0 radical (unpaired) electrons. The molecule has 0 aliphatic heterocycles. The Morgan fingerprint density at radius 3 is 2.79 bits per heavy atom. The van der Waals surface area contributed by atoms with Crippen LogP contribution < -0.4 is 11.3 Å². The molecule has 1 aromatic rings. The second kappa shape index (κ2) is 6.63. The molecule has 1 aliphatic rings. The number of nitrogens with one attached hydrogen (secondary N) is 1. The van der Waals surface area contributed by atoms with E-state index in [0.717, 1.165) is 12.8 Å². The highest BCUT2D eigenvalue weighted by atomic mass is 19.1. The van der Waals surface area contributed by atoms with Gasteiger partial charge in [-0.05, 0) is 31.0 Å². The van der Waals surface area contributed by atoms with Gasteiger partial charge in [-0.2, -0.15) is 0 Å². The van der Waals surface area contributed by atoms with Gasteiger partial charge < -0.3 is 4.74 Å². The Kier molecular flexibility index (Phi) is 4.87. The molecule has 0 atom stereocenters. The van der Waals surface area contributed by atoms with Crippen LogP contribution in [-0.2, 0) is 11.3 Å². The summed E-state index contributed by atoms with van der Waals surface area (Å²) in [6.45, 7) is 0.197. The first-order valence-electron chi connectivity index (χ1n) is 6.61. The van der Waals surface area contributed by atoms with Gasteiger partial charge in [-0.3, -0.25) is 10.2 Å². The summed E-state index contributed by atoms with van der Waals surface area (Å²) in [4.78, 5) is 11.4. The van der Waals surface area contributed by atoms with Crippen LogP contribution in [0.25, 0.3) is 0 Å². The quantitative estimate of drug-likeness (QED) is 0.499. The van der Waals surface area contributed by atoms with Crippen LogP contribution >= 0.6 is 0 Å². The van der Waals surface area contributed by atoms with Gasteiger partial charge >= 0.3 is 0 Å². The molecule has 0 heterocycles. The molecule has 104 valence electrons. The molecular formula is C14H19FN2O2. The van der Waals surface area contributed by atoms with Gasteiger partial charge in [0.1, 0.15) is 5.82 Å². The molecule has 1 saturated carbocycles. The largest absolute Gasteiger partial charge is 0.373 e. The summed E-state index contributed by atoms with van der Waals surface area (Å²) in [6, 6.07) is 4.16. The summed E-state index contributed by atoms with van der Waals surface area (Å²) in [5.41, 5.74) is 2.77. The molecule has 0 spiro atoms. The van der Waals surface area contributed by atoms with Crippen molar-refractivity contribution < 1.29 is 13.9 Å². The maximum atomic E-state index is 13.6.